The second-order valence-corrected chi connectivity index (χ2v) is 6.27. The van der Waals surface area contributed by atoms with E-state index in [1.807, 2.05) is 50.2 Å². The Morgan fingerprint density at radius 2 is 1.79 bits per heavy atom. The molecule has 3 rings (SSSR count). The number of nitro benzene ring substituents is 1. The normalized spacial score (nSPS) is 15.0. The summed E-state index contributed by atoms with van der Waals surface area (Å²) in [6.45, 7) is 2.17. The van der Waals surface area contributed by atoms with E-state index in [2.05, 4.69) is 5.10 Å². The van der Waals surface area contributed by atoms with E-state index in [0.717, 1.165) is 11.3 Å². The highest BCUT2D eigenvalue weighted by Gasteiger charge is 2.32. The van der Waals surface area contributed by atoms with Crippen LogP contribution >= 0.6 is 0 Å². The van der Waals surface area contributed by atoms with Gasteiger partial charge >= 0.3 is 0 Å². The second kappa shape index (κ2) is 7.91. The molecule has 1 aliphatic rings. The van der Waals surface area contributed by atoms with Crippen molar-refractivity contribution >= 4 is 34.9 Å². The van der Waals surface area contributed by atoms with Crippen molar-refractivity contribution in [2.45, 2.75) is 6.92 Å². The van der Waals surface area contributed by atoms with Crippen LogP contribution in [-0.2, 0) is 9.53 Å². The van der Waals surface area contributed by atoms with Crippen molar-refractivity contribution in [2.75, 3.05) is 30.6 Å². The van der Waals surface area contributed by atoms with Gasteiger partial charge in [0.05, 0.1) is 17.2 Å². The Labute approximate surface area is 162 Å². The highest BCUT2D eigenvalue weighted by molar-refractivity contribution is 6.30. The summed E-state index contributed by atoms with van der Waals surface area (Å²) in [5, 5.41) is 16.3. The molecule has 0 aliphatic carbocycles. The van der Waals surface area contributed by atoms with Crippen LogP contribution in [0.5, 0.6) is 0 Å². The number of hydrogen-bond donors (Lipinski definition) is 0. The van der Waals surface area contributed by atoms with Crippen LogP contribution in [0.4, 0.5) is 17.1 Å². The van der Waals surface area contributed by atoms with Crippen molar-refractivity contribution in [1.29, 1.82) is 0 Å². The van der Waals surface area contributed by atoms with Crippen molar-refractivity contribution in [3.63, 3.8) is 0 Å². The number of benzene rings is 2. The van der Waals surface area contributed by atoms with Gasteiger partial charge in [0.15, 0.2) is 0 Å². The molecule has 0 atom stereocenters. The van der Waals surface area contributed by atoms with Crippen molar-refractivity contribution in [3.8, 4) is 0 Å². The lowest BCUT2D eigenvalue weighted by Gasteiger charge is -2.12. The fourth-order valence-electron chi connectivity index (χ4n) is 2.69. The molecule has 2 aromatic rings. The minimum absolute atomic E-state index is 0.0545. The van der Waals surface area contributed by atoms with Gasteiger partial charge in [0.1, 0.15) is 5.57 Å². The molecule has 1 amide bonds. The van der Waals surface area contributed by atoms with Gasteiger partial charge in [0.2, 0.25) is 5.90 Å². The molecule has 0 unspecified atom stereocenters. The number of ether oxygens (including phenoxy) is 1. The summed E-state index contributed by atoms with van der Waals surface area (Å²) in [7, 11) is 3.91. The first-order chi connectivity index (χ1) is 13.4. The number of hydrazone groups is 1. The first-order valence-electron chi connectivity index (χ1n) is 8.70. The van der Waals surface area contributed by atoms with Crippen molar-refractivity contribution in [1.82, 2.24) is 0 Å². The average molecular weight is 380 g/mol. The molecule has 0 saturated heterocycles. The van der Waals surface area contributed by atoms with Gasteiger partial charge < -0.3 is 9.64 Å². The van der Waals surface area contributed by atoms with Crippen LogP contribution in [-0.4, -0.2) is 37.4 Å². The van der Waals surface area contributed by atoms with Crippen LogP contribution in [0.1, 0.15) is 12.5 Å². The van der Waals surface area contributed by atoms with E-state index in [1.54, 1.807) is 6.08 Å². The predicted molar refractivity (Wildman–Crippen MR) is 108 cm³/mol. The van der Waals surface area contributed by atoms with Gasteiger partial charge in [-0.1, -0.05) is 12.1 Å². The molecule has 0 fully saturated rings. The number of carbonyl (C=O) groups is 1. The largest absolute Gasteiger partial charge is 0.476 e. The molecule has 144 valence electrons. The second-order valence-electron chi connectivity index (χ2n) is 6.27. The first kappa shape index (κ1) is 19.1. The monoisotopic (exact) mass is 380 g/mol. The molecule has 0 spiro atoms. The third kappa shape index (κ3) is 3.85. The van der Waals surface area contributed by atoms with Crippen molar-refractivity contribution in [2.24, 2.45) is 5.10 Å². The predicted octanol–water partition coefficient (Wildman–Crippen LogP) is 3.44. The average Bonchev–Trinajstić information content (AvgIpc) is 2.98. The molecule has 1 aliphatic heterocycles. The lowest BCUT2D eigenvalue weighted by Crippen LogP contribution is -2.21. The zero-order valence-corrected chi connectivity index (χ0v) is 15.8. The minimum Gasteiger partial charge on any atom is -0.476 e. The van der Waals surface area contributed by atoms with Gasteiger partial charge in [-0.3, -0.25) is 14.9 Å². The number of nitro groups is 1. The maximum absolute atomic E-state index is 12.9. The van der Waals surface area contributed by atoms with Crippen LogP contribution in [0.25, 0.3) is 6.08 Å². The number of amides is 1. The molecule has 8 nitrogen and oxygen atoms in total. The first-order valence-corrected chi connectivity index (χ1v) is 8.70. The molecule has 0 aromatic heterocycles. The lowest BCUT2D eigenvalue weighted by molar-refractivity contribution is -0.384. The fraction of sp³-hybridized carbons (Fsp3) is 0.200. The maximum atomic E-state index is 12.9. The molecule has 0 radical (unpaired) electrons. The molecule has 1 heterocycles. The van der Waals surface area contributed by atoms with Crippen LogP contribution in [0.2, 0.25) is 0 Å². The molecular formula is C20H20N4O4. The summed E-state index contributed by atoms with van der Waals surface area (Å²) in [4.78, 5) is 25.2. The summed E-state index contributed by atoms with van der Waals surface area (Å²) in [6, 6.07) is 13.4. The van der Waals surface area contributed by atoms with Gasteiger partial charge in [-0.25, -0.2) is 0 Å². The van der Waals surface area contributed by atoms with E-state index >= 15 is 0 Å². The highest BCUT2D eigenvalue weighted by Crippen LogP contribution is 2.27. The quantitative estimate of drug-likeness (QED) is 0.450. The maximum Gasteiger partial charge on any atom is 0.284 e. The Hall–Kier alpha value is -3.68. The Kier molecular flexibility index (Phi) is 5.39. The smallest absolute Gasteiger partial charge is 0.284 e. The van der Waals surface area contributed by atoms with Crippen LogP contribution in [0, 0.1) is 10.1 Å². The third-order valence-electron chi connectivity index (χ3n) is 4.15. The number of anilines is 2. The van der Waals surface area contributed by atoms with Crippen LogP contribution in [0.3, 0.4) is 0 Å². The van der Waals surface area contributed by atoms with Gasteiger partial charge in [0.25, 0.3) is 11.6 Å². The molecule has 8 heteroatoms. The van der Waals surface area contributed by atoms with E-state index in [0.29, 0.717) is 17.9 Å². The van der Waals surface area contributed by atoms with Crippen LogP contribution < -0.4 is 9.91 Å². The number of nitrogens with zero attached hydrogens (tertiary/aromatic N) is 4. The van der Waals surface area contributed by atoms with E-state index in [1.165, 1.54) is 29.3 Å². The molecule has 0 saturated carbocycles. The van der Waals surface area contributed by atoms with Gasteiger partial charge in [-0.05, 0) is 42.8 Å². The molecule has 0 bridgehead atoms. The van der Waals surface area contributed by atoms with Crippen molar-refractivity contribution < 1.29 is 14.5 Å². The number of non-ortho nitro benzene ring substituents is 1. The molecule has 0 N–H and O–H groups in total. The Morgan fingerprint density at radius 3 is 2.32 bits per heavy atom. The van der Waals surface area contributed by atoms with Gasteiger partial charge in [-0.2, -0.15) is 5.01 Å². The number of carbonyl (C=O) groups excluding carboxylic acids is 1. The summed E-state index contributed by atoms with van der Waals surface area (Å²) in [5.41, 5.74) is 2.59. The lowest BCUT2D eigenvalue weighted by atomic mass is 10.1. The fourth-order valence-corrected chi connectivity index (χ4v) is 2.69. The Morgan fingerprint density at radius 1 is 1.14 bits per heavy atom. The SMILES string of the molecule is CCOC1=NN(c2ccc([N+](=O)[O-])cc2)C(=O)/C1=C/c1ccc(N(C)C)cc1. The van der Waals surface area contributed by atoms with E-state index in [-0.39, 0.29) is 17.5 Å². The summed E-state index contributed by atoms with van der Waals surface area (Å²) >= 11 is 0. The van der Waals surface area contributed by atoms with E-state index in [9.17, 15) is 14.9 Å². The molecular weight excluding hydrogens is 360 g/mol. The number of hydrogen-bond acceptors (Lipinski definition) is 6. The third-order valence-corrected chi connectivity index (χ3v) is 4.15. The Bertz CT molecular complexity index is 947. The van der Waals surface area contributed by atoms with Gasteiger partial charge in [-0.15, -0.1) is 5.10 Å². The van der Waals surface area contributed by atoms with Gasteiger partial charge in [0, 0.05) is 31.9 Å². The van der Waals surface area contributed by atoms with Crippen molar-refractivity contribution in [3.05, 3.63) is 69.8 Å². The zero-order chi connectivity index (χ0) is 20.3. The summed E-state index contributed by atoms with van der Waals surface area (Å²) in [5.74, 6) is -0.128. The van der Waals surface area contributed by atoms with E-state index in [4.69, 9.17) is 4.74 Å². The van der Waals surface area contributed by atoms with Crippen LogP contribution in [0.15, 0.2) is 59.2 Å². The minimum atomic E-state index is -0.493. The summed E-state index contributed by atoms with van der Waals surface area (Å²) < 4.78 is 5.54. The topological polar surface area (TPSA) is 88.3 Å². The number of rotatable bonds is 5. The molecule has 28 heavy (non-hydrogen) atoms. The summed E-state index contributed by atoms with van der Waals surface area (Å²) in [6.07, 6.45) is 1.72. The highest BCUT2D eigenvalue weighted by atomic mass is 16.6. The molecule has 2 aromatic carbocycles. The standard InChI is InChI=1S/C20H20N4O4/c1-4-28-19-18(13-14-5-7-15(8-6-14)22(2)3)20(25)23(21-19)16-9-11-17(12-10-16)24(26)27/h5-13H,4H2,1-3H3/b18-13+. The Balaban J connectivity index is 1.92. The zero-order valence-electron chi connectivity index (χ0n) is 15.8. The van der Waals surface area contributed by atoms with E-state index < -0.39 is 4.92 Å².